The van der Waals surface area contributed by atoms with Crippen molar-refractivity contribution >= 4 is 5.82 Å². The number of halogens is 1. The van der Waals surface area contributed by atoms with Crippen LogP contribution >= 0.6 is 0 Å². The first-order valence-electron chi connectivity index (χ1n) is 5.83. The average Bonchev–Trinajstić information content (AvgIpc) is 2.39. The number of aryl methyl sites for hydroxylation is 1. The summed E-state index contributed by atoms with van der Waals surface area (Å²) in [6.07, 6.45) is 1.84. The molecule has 0 unspecified atom stereocenters. The van der Waals surface area contributed by atoms with Gasteiger partial charge in [-0.05, 0) is 30.7 Å². The van der Waals surface area contributed by atoms with Crippen LogP contribution in [0.4, 0.5) is 10.2 Å². The first-order valence-corrected chi connectivity index (χ1v) is 5.83. The second-order valence-electron chi connectivity index (χ2n) is 3.97. The molecule has 2 aromatic rings. The maximum Gasteiger partial charge on any atom is 0.161 e. The fourth-order valence-corrected chi connectivity index (χ4v) is 1.68. The predicted molar refractivity (Wildman–Crippen MR) is 69.2 cm³/mol. The number of anilines is 1. The van der Waals surface area contributed by atoms with Gasteiger partial charge in [0.15, 0.2) is 5.82 Å². The highest BCUT2D eigenvalue weighted by Gasteiger charge is 2.06. The highest BCUT2D eigenvalue weighted by atomic mass is 19.1. The van der Waals surface area contributed by atoms with Crippen molar-refractivity contribution in [2.75, 3.05) is 5.43 Å². The Morgan fingerprint density at radius 1 is 1.22 bits per heavy atom. The molecule has 0 bridgehead atoms. The number of nitrogens with two attached hydrogens (primary N) is 1. The average molecular weight is 246 g/mol. The third kappa shape index (κ3) is 2.81. The van der Waals surface area contributed by atoms with Crippen LogP contribution in [0.3, 0.4) is 0 Å². The minimum absolute atomic E-state index is 0.277. The molecule has 0 amide bonds. The van der Waals surface area contributed by atoms with Gasteiger partial charge < -0.3 is 5.43 Å². The molecule has 0 saturated heterocycles. The Bertz CT molecular complexity index is 525. The van der Waals surface area contributed by atoms with Crippen LogP contribution in [0.5, 0.6) is 0 Å². The molecule has 4 nitrogen and oxygen atoms in total. The van der Waals surface area contributed by atoms with Crippen molar-refractivity contribution in [3.8, 4) is 11.4 Å². The van der Waals surface area contributed by atoms with E-state index in [-0.39, 0.29) is 5.82 Å². The third-order valence-corrected chi connectivity index (χ3v) is 2.54. The molecule has 1 aromatic heterocycles. The van der Waals surface area contributed by atoms with E-state index in [0.717, 1.165) is 24.1 Å². The molecule has 0 radical (unpaired) electrons. The van der Waals surface area contributed by atoms with Gasteiger partial charge >= 0.3 is 0 Å². The van der Waals surface area contributed by atoms with Crippen LogP contribution in [0, 0.1) is 5.82 Å². The zero-order valence-electron chi connectivity index (χ0n) is 10.2. The van der Waals surface area contributed by atoms with E-state index in [9.17, 15) is 4.39 Å². The van der Waals surface area contributed by atoms with Crippen molar-refractivity contribution in [1.29, 1.82) is 0 Å². The lowest BCUT2D eigenvalue weighted by Crippen LogP contribution is -2.10. The van der Waals surface area contributed by atoms with Crippen molar-refractivity contribution in [1.82, 2.24) is 9.97 Å². The van der Waals surface area contributed by atoms with Gasteiger partial charge in [-0.1, -0.05) is 13.3 Å². The van der Waals surface area contributed by atoms with E-state index in [1.165, 1.54) is 12.1 Å². The summed E-state index contributed by atoms with van der Waals surface area (Å²) in [7, 11) is 0. The number of hydrogen-bond acceptors (Lipinski definition) is 4. The van der Waals surface area contributed by atoms with Gasteiger partial charge in [-0.15, -0.1) is 0 Å². The summed E-state index contributed by atoms with van der Waals surface area (Å²) >= 11 is 0. The highest BCUT2D eigenvalue weighted by Crippen LogP contribution is 2.18. The molecule has 18 heavy (non-hydrogen) atoms. The van der Waals surface area contributed by atoms with E-state index in [1.807, 2.05) is 6.07 Å². The first kappa shape index (κ1) is 12.4. The van der Waals surface area contributed by atoms with Gasteiger partial charge in [0, 0.05) is 17.3 Å². The lowest BCUT2D eigenvalue weighted by Gasteiger charge is -2.07. The standard InChI is InChI=1S/C13H15FN4/c1-2-3-11-8-12(18-15)17-13(16-11)9-4-6-10(14)7-5-9/h4-8H,2-3,15H2,1H3,(H,16,17,18). The van der Waals surface area contributed by atoms with Gasteiger partial charge in [0.1, 0.15) is 11.6 Å². The van der Waals surface area contributed by atoms with E-state index in [1.54, 1.807) is 12.1 Å². The second-order valence-corrected chi connectivity index (χ2v) is 3.97. The Hall–Kier alpha value is -2.01. The lowest BCUT2D eigenvalue weighted by molar-refractivity contribution is 0.628. The topological polar surface area (TPSA) is 63.8 Å². The maximum absolute atomic E-state index is 12.9. The van der Waals surface area contributed by atoms with Crippen LogP contribution in [0.15, 0.2) is 30.3 Å². The molecular formula is C13H15FN4. The van der Waals surface area contributed by atoms with Crippen LogP contribution in [-0.4, -0.2) is 9.97 Å². The Morgan fingerprint density at radius 2 is 1.94 bits per heavy atom. The predicted octanol–water partition coefficient (Wildman–Crippen LogP) is 2.52. The molecule has 1 heterocycles. The molecule has 0 aliphatic rings. The van der Waals surface area contributed by atoms with Crippen LogP contribution < -0.4 is 11.3 Å². The number of nitrogens with one attached hydrogen (secondary N) is 1. The number of aromatic nitrogens is 2. The van der Waals surface area contributed by atoms with E-state index < -0.39 is 0 Å². The fraction of sp³-hybridized carbons (Fsp3) is 0.231. The summed E-state index contributed by atoms with van der Waals surface area (Å²) in [6.45, 7) is 2.08. The quantitative estimate of drug-likeness (QED) is 0.642. The maximum atomic E-state index is 12.9. The van der Waals surface area contributed by atoms with Crippen LogP contribution in [0.2, 0.25) is 0 Å². The van der Waals surface area contributed by atoms with Crippen molar-refractivity contribution in [3.63, 3.8) is 0 Å². The molecular weight excluding hydrogens is 231 g/mol. The van der Waals surface area contributed by atoms with Crippen molar-refractivity contribution in [2.45, 2.75) is 19.8 Å². The summed E-state index contributed by atoms with van der Waals surface area (Å²) in [6, 6.07) is 7.90. The number of nitrogen functional groups attached to an aromatic ring is 1. The van der Waals surface area contributed by atoms with E-state index in [0.29, 0.717) is 11.6 Å². The minimum atomic E-state index is -0.277. The van der Waals surface area contributed by atoms with Gasteiger partial charge in [0.25, 0.3) is 0 Å². The fourth-order valence-electron chi connectivity index (χ4n) is 1.68. The van der Waals surface area contributed by atoms with Crippen molar-refractivity contribution in [3.05, 3.63) is 41.8 Å². The van der Waals surface area contributed by atoms with E-state index in [2.05, 4.69) is 22.3 Å². The van der Waals surface area contributed by atoms with E-state index >= 15 is 0 Å². The Kier molecular flexibility index (Phi) is 3.84. The number of hydrazine groups is 1. The summed E-state index contributed by atoms with van der Waals surface area (Å²) in [4.78, 5) is 8.71. The summed E-state index contributed by atoms with van der Waals surface area (Å²) in [5.74, 6) is 6.22. The molecule has 94 valence electrons. The highest BCUT2D eigenvalue weighted by molar-refractivity contribution is 5.57. The van der Waals surface area contributed by atoms with Gasteiger partial charge in [0.05, 0.1) is 0 Å². The molecule has 0 aliphatic carbocycles. The molecule has 0 saturated carbocycles. The zero-order chi connectivity index (χ0) is 13.0. The first-order chi connectivity index (χ1) is 8.72. The Balaban J connectivity index is 2.42. The largest absolute Gasteiger partial charge is 0.308 e. The number of nitrogens with zero attached hydrogens (tertiary/aromatic N) is 2. The van der Waals surface area contributed by atoms with E-state index in [4.69, 9.17) is 5.84 Å². The normalized spacial score (nSPS) is 10.4. The SMILES string of the molecule is CCCc1cc(NN)nc(-c2ccc(F)cc2)n1. The second kappa shape index (κ2) is 5.55. The molecule has 5 heteroatoms. The van der Waals surface area contributed by atoms with Crippen molar-refractivity contribution in [2.24, 2.45) is 5.84 Å². The smallest absolute Gasteiger partial charge is 0.161 e. The number of hydrogen-bond donors (Lipinski definition) is 2. The summed E-state index contributed by atoms with van der Waals surface area (Å²) in [5, 5.41) is 0. The molecule has 0 spiro atoms. The molecule has 0 fully saturated rings. The molecule has 0 atom stereocenters. The van der Waals surface area contributed by atoms with Gasteiger partial charge in [-0.25, -0.2) is 20.2 Å². The van der Waals surface area contributed by atoms with Crippen LogP contribution in [0.25, 0.3) is 11.4 Å². The Morgan fingerprint density at radius 3 is 2.56 bits per heavy atom. The molecule has 0 aliphatic heterocycles. The van der Waals surface area contributed by atoms with Gasteiger partial charge in [0.2, 0.25) is 0 Å². The molecule has 2 rings (SSSR count). The number of rotatable bonds is 4. The van der Waals surface area contributed by atoms with Crippen LogP contribution in [0.1, 0.15) is 19.0 Å². The number of benzene rings is 1. The summed E-state index contributed by atoms with van der Waals surface area (Å²) < 4.78 is 12.9. The molecule has 3 N–H and O–H groups in total. The zero-order valence-corrected chi connectivity index (χ0v) is 10.2. The molecule has 1 aromatic carbocycles. The minimum Gasteiger partial charge on any atom is -0.308 e. The lowest BCUT2D eigenvalue weighted by atomic mass is 10.2. The Labute approximate surface area is 105 Å². The van der Waals surface area contributed by atoms with Gasteiger partial charge in [-0.3, -0.25) is 0 Å². The van der Waals surface area contributed by atoms with Gasteiger partial charge in [-0.2, -0.15) is 0 Å². The third-order valence-electron chi connectivity index (χ3n) is 2.54. The van der Waals surface area contributed by atoms with Crippen LogP contribution in [-0.2, 0) is 6.42 Å². The monoisotopic (exact) mass is 246 g/mol. The van der Waals surface area contributed by atoms with Crippen molar-refractivity contribution < 1.29 is 4.39 Å². The summed E-state index contributed by atoms with van der Waals surface area (Å²) in [5.41, 5.74) is 4.21.